The highest BCUT2D eigenvalue weighted by Crippen LogP contribution is 2.33. The van der Waals surface area contributed by atoms with Gasteiger partial charge >= 0.3 is 0 Å². The summed E-state index contributed by atoms with van der Waals surface area (Å²) in [5.41, 5.74) is 1.13. The molecule has 4 heteroatoms. The third kappa shape index (κ3) is 3.66. The molecule has 0 radical (unpaired) electrons. The molecule has 2 rings (SSSR count). The number of hydrogen-bond donors (Lipinski definition) is 1. The Hall–Kier alpha value is -2.23. The van der Waals surface area contributed by atoms with Crippen LogP contribution in [0.3, 0.4) is 0 Å². The average Bonchev–Trinajstić information content (AvgIpc) is 2.53. The van der Waals surface area contributed by atoms with Gasteiger partial charge in [-0.05, 0) is 29.8 Å². The van der Waals surface area contributed by atoms with Gasteiger partial charge in [-0.1, -0.05) is 26.0 Å². The zero-order valence-corrected chi connectivity index (χ0v) is 13.0. The number of pyridine rings is 1. The van der Waals surface area contributed by atoms with Crippen molar-refractivity contribution in [2.45, 2.75) is 19.3 Å². The van der Waals surface area contributed by atoms with Crippen molar-refractivity contribution in [2.24, 2.45) is 0 Å². The third-order valence-corrected chi connectivity index (χ3v) is 3.54. The van der Waals surface area contributed by atoms with E-state index < -0.39 is 0 Å². The number of rotatable bonds is 6. The lowest BCUT2D eigenvalue weighted by atomic mass is 9.84. The van der Waals surface area contributed by atoms with E-state index in [2.05, 4.69) is 30.2 Å². The Morgan fingerprint density at radius 3 is 2.43 bits per heavy atom. The lowest BCUT2D eigenvalue weighted by Gasteiger charge is -2.26. The second-order valence-electron chi connectivity index (χ2n) is 5.52. The number of nitrogens with one attached hydrogen (secondary N) is 1. The number of aromatic nitrogens is 1. The van der Waals surface area contributed by atoms with Gasteiger partial charge in [0.2, 0.25) is 0 Å². The van der Waals surface area contributed by atoms with E-state index in [4.69, 9.17) is 9.47 Å². The maximum atomic E-state index is 5.38. The molecule has 1 aromatic heterocycles. The summed E-state index contributed by atoms with van der Waals surface area (Å²) in [6.07, 6.45) is 1.78. The van der Waals surface area contributed by atoms with Gasteiger partial charge in [0.1, 0.15) is 5.82 Å². The average molecular weight is 286 g/mol. The standard InChI is InChI=1S/C17H22N2O2/c1-17(2,12-19-16-7-5-6-10-18-16)13-8-9-14(20-3)15(11-13)21-4/h5-11H,12H2,1-4H3,(H,18,19). The summed E-state index contributed by atoms with van der Waals surface area (Å²) < 4.78 is 10.7. The summed E-state index contributed by atoms with van der Waals surface area (Å²) in [5.74, 6) is 2.38. The summed E-state index contributed by atoms with van der Waals surface area (Å²) in [5, 5.41) is 3.37. The first-order valence-corrected chi connectivity index (χ1v) is 6.94. The van der Waals surface area contributed by atoms with E-state index in [1.807, 2.05) is 30.3 Å². The second-order valence-corrected chi connectivity index (χ2v) is 5.52. The van der Waals surface area contributed by atoms with Gasteiger partial charge in [-0.25, -0.2) is 4.98 Å². The molecule has 112 valence electrons. The molecule has 0 atom stereocenters. The quantitative estimate of drug-likeness (QED) is 0.883. The zero-order chi connectivity index (χ0) is 15.3. The topological polar surface area (TPSA) is 43.4 Å². The molecular weight excluding hydrogens is 264 g/mol. The molecule has 0 amide bonds. The highest BCUT2D eigenvalue weighted by Gasteiger charge is 2.22. The molecule has 1 aromatic carbocycles. The maximum Gasteiger partial charge on any atom is 0.161 e. The lowest BCUT2D eigenvalue weighted by Crippen LogP contribution is -2.27. The Morgan fingerprint density at radius 2 is 1.81 bits per heavy atom. The number of ether oxygens (including phenoxy) is 2. The summed E-state index contributed by atoms with van der Waals surface area (Å²) in [6.45, 7) is 5.15. The van der Waals surface area contributed by atoms with Crippen molar-refractivity contribution in [3.05, 3.63) is 48.2 Å². The number of hydrogen-bond acceptors (Lipinski definition) is 4. The summed E-state index contributed by atoms with van der Waals surface area (Å²) in [6, 6.07) is 11.9. The molecule has 0 aliphatic carbocycles. The van der Waals surface area contributed by atoms with Gasteiger partial charge in [0.05, 0.1) is 14.2 Å². The van der Waals surface area contributed by atoms with Crippen molar-refractivity contribution in [1.29, 1.82) is 0 Å². The Kier molecular flexibility index (Phi) is 4.68. The largest absolute Gasteiger partial charge is 0.493 e. The van der Waals surface area contributed by atoms with E-state index >= 15 is 0 Å². The molecule has 0 fully saturated rings. The van der Waals surface area contributed by atoms with E-state index in [9.17, 15) is 0 Å². The predicted molar refractivity (Wildman–Crippen MR) is 85.3 cm³/mol. The van der Waals surface area contributed by atoms with Gasteiger partial charge in [-0.2, -0.15) is 0 Å². The van der Waals surface area contributed by atoms with Gasteiger partial charge in [0.15, 0.2) is 11.5 Å². The van der Waals surface area contributed by atoms with Crippen LogP contribution in [0, 0.1) is 0 Å². The van der Waals surface area contributed by atoms with Crippen LogP contribution >= 0.6 is 0 Å². The van der Waals surface area contributed by atoms with E-state index in [1.165, 1.54) is 5.56 Å². The fourth-order valence-corrected chi connectivity index (χ4v) is 2.14. The van der Waals surface area contributed by atoms with Gasteiger partial charge in [-0.3, -0.25) is 0 Å². The molecule has 2 aromatic rings. The van der Waals surface area contributed by atoms with Crippen LogP contribution in [-0.4, -0.2) is 25.7 Å². The molecule has 0 unspecified atom stereocenters. The van der Waals surface area contributed by atoms with Crippen molar-refractivity contribution in [3.8, 4) is 11.5 Å². The molecule has 4 nitrogen and oxygen atoms in total. The number of methoxy groups -OCH3 is 2. The highest BCUT2D eigenvalue weighted by atomic mass is 16.5. The molecule has 0 aliphatic rings. The van der Waals surface area contributed by atoms with Crippen molar-refractivity contribution < 1.29 is 9.47 Å². The SMILES string of the molecule is COc1ccc(C(C)(C)CNc2ccccn2)cc1OC. The Balaban J connectivity index is 2.15. The van der Waals surface area contributed by atoms with E-state index in [0.29, 0.717) is 0 Å². The molecule has 1 N–H and O–H groups in total. The monoisotopic (exact) mass is 286 g/mol. The van der Waals surface area contributed by atoms with Crippen LogP contribution in [0.4, 0.5) is 5.82 Å². The zero-order valence-electron chi connectivity index (χ0n) is 13.0. The normalized spacial score (nSPS) is 11.0. The minimum absolute atomic E-state index is 0.0585. The van der Waals surface area contributed by atoms with Crippen LogP contribution in [0.15, 0.2) is 42.6 Å². The van der Waals surface area contributed by atoms with E-state index in [1.54, 1.807) is 20.4 Å². The lowest BCUT2D eigenvalue weighted by molar-refractivity contribution is 0.353. The summed E-state index contributed by atoms with van der Waals surface area (Å²) in [7, 11) is 3.30. The second kappa shape index (κ2) is 6.48. The van der Waals surface area contributed by atoms with Gasteiger partial charge in [-0.15, -0.1) is 0 Å². The molecule has 21 heavy (non-hydrogen) atoms. The van der Waals surface area contributed by atoms with Crippen LogP contribution in [0.2, 0.25) is 0 Å². The van der Waals surface area contributed by atoms with Gasteiger partial charge < -0.3 is 14.8 Å². The first-order valence-electron chi connectivity index (χ1n) is 6.94. The van der Waals surface area contributed by atoms with Crippen LogP contribution in [-0.2, 0) is 5.41 Å². The number of benzene rings is 1. The first-order chi connectivity index (χ1) is 10.1. The van der Waals surface area contributed by atoms with Crippen LogP contribution in [0.5, 0.6) is 11.5 Å². The Morgan fingerprint density at radius 1 is 1.05 bits per heavy atom. The smallest absolute Gasteiger partial charge is 0.161 e. The minimum atomic E-state index is -0.0585. The van der Waals surface area contributed by atoms with E-state index in [-0.39, 0.29) is 5.41 Å². The number of nitrogens with zero attached hydrogens (tertiary/aromatic N) is 1. The fraction of sp³-hybridized carbons (Fsp3) is 0.353. The Bertz CT molecular complexity index is 583. The van der Waals surface area contributed by atoms with Gasteiger partial charge in [0.25, 0.3) is 0 Å². The number of anilines is 1. The molecule has 1 heterocycles. The van der Waals surface area contributed by atoms with Crippen molar-refractivity contribution >= 4 is 5.82 Å². The van der Waals surface area contributed by atoms with E-state index in [0.717, 1.165) is 23.9 Å². The molecule has 0 saturated heterocycles. The van der Waals surface area contributed by atoms with Crippen molar-refractivity contribution in [2.75, 3.05) is 26.1 Å². The molecular formula is C17H22N2O2. The molecule has 0 spiro atoms. The van der Waals surface area contributed by atoms with Crippen molar-refractivity contribution in [3.63, 3.8) is 0 Å². The summed E-state index contributed by atoms with van der Waals surface area (Å²) >= 11 is 0. The van der Waals surface area contributed by atoms with Crippen LogP contribution in [0.1, 0.15) is 19.4 Å². The highest BCUT2D eigenvalue weighted by molar-refractivity contribution is 5.45. The van der Waals surface area contributed by atoms with Crippen LogP contribution < -0.4 is 14.8 Å². The summed E-state index contributed by atoms with van der Waals surface area (Å²) in [4.78, 5) is 4.28. The maximum absolute atomic E-state index is 5.38. The first kappa shape index (κ1) is 15.2. The fourth-order valence-electron chi connectivity index (χ4n) is 2.14. The van der Waals surface area contributed by atoms with Gasteiger partial charge in [0, 0.05) is 18.2 Å². The minimum Gasteiger partial charge on any atom is -0.493 e. The predicted octanol–water partition coefficient (Wildman–Crippen LogP) is 3.49. The third-order valence-electron chi connectivity index (χ3n) is 3.54. The molecule has 0 aliphatic heterocycles. The molecule has 0 saturated carbocycles. The Labute approximate surface area is 126 Å². The van der Waals surface area contributed by atoms with Crippen molar-refractivity contribution in [1.82, 2.24) is 4.98 Å². The van der Waals surface area contributed by atoms with Crippen LogP contribution in [0.25, 0.3) is 0 Å². The molecule has 0 bridgehead atoms.